The molecule has 7 heteroatoms. The largest absolute Gasteiger partial charge is 0.396 e. The summed E-state index contributed by atoms with van der Waals surface area (Å²) in [4.78, 5) is 11.6. The van der Waals surface area contributed by atoms with Gasteiger partial charge in [-0.05, 0) is 18.1 Å². The van der Waals surface area contributed by atoms with Crippen molar-refractivity contribution in [1.29, 1.82) is 5.26 Å². The van der Waals surface area contributed by atoms with Crippen LogP contribution in [0.25, 0.3) is 0 Å². The van der Waals surface area contributed by atoms with E-state index in [9.17, 15) is 9.18 Å². The topological polar surface area (TPSA) is 105 Å². The Labute approximate surface area is 125 Å². The summed E-state index contributed by atoms with van der Waals surface area (Å²) in [5.41, 5.74) is 11.7. The monoisotopic (exact) mass is 304 g/mol. The number of hydrogen-bond donors (Lipinski definition) is 3. The van der Waals surface area contributed by atoms with Gasteiger partial charge in [-0.2, -0.15) is 5.26 Å². The molecule has 0 aliphatic heterocycles. The van der Waals surface area contributed by atoms with E-state index in [0.717, 1.165) is 11.3 Å². The van der Waals surface area contributed by atoms with Gasteiger partial charge in [-0.1, -0.05) is 18.2 Å². The molecule has 1 heterocycles. The molecule has 1 amide bonds. The maximum atomic E-state index is 13.5. The number of rotatable bonds is 5. The number of halogens is 1. The zero-order chi connectivity index (χ0) is 15.4. The minimum atomic E-state index is -0.696. The Balaban J connectivity index is 2.12. The lowest BCUT2D eigenvalue weighted by molar-refractivity contribution is 0.100. The molecule has 108 valence electrons. The second-order valence-electron chi connectivity index (χ2n) is 4.29. The molecule has 2 aromatic rings. The number of hydrogen-bond acceptors (Lipinski definition) is 5. The molecule has 0 radical (unpaired) electrons. The molecule has 1 aromatic heterocycles. The zero-order valence-electron chi connectivity index (χ0n) is 11.0. The second kappa shape index (κ2) is 6.24. The first-order chi connectivity index (χ1) is 10.0. The van der Waals surface area contributed by atoms with Crippen LogP contribution in [0.5, 0.6) is 0 Å². The molecule has 0 aliphatic rings. The second-order valence-corrected chi connectivity index (χ2v) is 5.31. The van der Waals surface area contributed by atoms with Gasteiger partial charge in [-0.25, -0.2) is 4.39 Å². The molecular formula is C14H13FN4OS. The lowest BCUT2D eigenvalue weighted by Gasteiger charge is -2.06. The zero-order valence-corrected chi connectivity index (χ0v) is 11.8. The van der Waals surface area contributed by atoms with E-state index in [1.54, 1.807) is 18.2 Å². The summed E-state index contributed by atoms with van der Waals surface area (Å²) in [7, 11) is 0. The molecule has 1 aromatic carbocycles. The molecule has 0 saturated carbocycles. The Morgan fingerprint density at radius 2 is 2.14 bits per heavy atom. The van der Waals surface area contributed by atoms with Crippen molar-refractivity contribution in [3.63, 3.8) is 0 Å². The van der Waals surface area contributed by atoms with Crippen molar-refractivity contribution in [3.8, 4) is 6.07 Å². The molecule has 21 heavy (non-hydrogen) atoms. The average Bonchev–Trinajstić information content (AvgIpc) is 2.77. The fraction of sp³-hybridized carbons (Fsp3) is 0.143. The van der Waals surface area contributed by atoms with Crippen LogP contribution >= 0.6 is 11.3 Å². The molecule has 0 saturated heterocycles. The molecule has 0 unspecified atom stereocenters. The highest BCUT2D eigenvalue weighted by Crippen LogP contribution is 2.34. The van der Waals surface area contributed by atoms with Crippen molar-refractivity contribution < 1.29 is 9.18 Å². The number of anilines is 2. The van der Waals surface area contributed by atoms with Crippen LogP contribution in [-0.4, -0.2) is 12.5 Å². The quantitative estimate of drug-likeness (QED) is 0.786. The highest BCUT2D eigenvalue weighted by Gasteiger charge is 2.19. The van der Waals surface area contributed by atoms with Crippen LogP contribution in [0.1, 0.15) is 20.8 Å². The highest BCUT2D eigenvalue weighted by molar-refractivity contribution is 7.17. The molecule has 0 bridgehead atoms. The van der Waals surface area contributed by atoms with Crippen molar-refractivity contribution in [3.05, 3.63) is 46.1 Å². The molecule has 0 atom stereocenters. The van der Waals surface area contributed by atoms with Crippen molar-refractivity contribution in [2.75, 3.05) is 17.6 Å². The lowest BCUT2D eigenvalue weighted by Crippen LogP contribution is -2.15. The predicted molar refractivity (Wildman–Crippen MR) is 80.6 cm³/mol. The van der Waals surface area contributed by atoms with E-state index in [0.29, 0.717) is 23.5 Å². The van der Waals surface area contributed by atoms with Crippen molar-refractivity contribution in [2.45, 2.75) is 6.42 Å². The average molecular weight is 304 g/mol. The van der Waals surface area contributed by atoms with Crippen LogP contribution in [0.15, 0.2) is 24.3 Å². The summed E-state index contributed by atoms with van der Waals surface area (Å²) in [5, 5.41) is 12.4. The van der Waals surface area contributed by atoms with Gasteiger partial charge in [0.2, 0.25) is 0 Å². The number of primary amides is 1. The van der Waals surface area contributed by atoms with Gasteiger partial charge >= 0.3 is 0 Å². The Morgan fingerprint density at radius 3 is 2.76 bits per heavy atom. The van der Waals surface area contributed by atoms with Gasteiger partial charge in [0, 0.05) is 6.54 Å². The summed E-state index contributed by atoms with van der Waals surface area (Å²) in [5.74, 6) is -0.975. The molecular weight excluding hydrogens is 291 g/mol. The number of carbonyl (C=O) groups is 1. The lowest BCUT2D eigenvalue weighted by atomic mass is 10.1. The molecule has 0 fully saturated rings. The fourth-order valence-electron chi connectivity index (χ4n) is 1.91. The van der Waals surface area contributed by atoms with Crippen LogP contribution in [0.2, 0.25) is 0 Å². The van der Waals surface area contributed by atoms with Crippen molar-refractivity contribution in [2.24, 2.45) is 5.73 Å². The predicted octanol–water partition coefficient (Wildman–Crippen LogP) is 2.09. The van der Waals surface area contributed by atoms with Gasteiger partial charge in [0.05, 0.1) is 11.3 Å². The van der Waals surface area contributed by atoms with E-state index in [1.807, 2.05) is 6.07 Å². The van der Waals surface area contributed by atoms with Crippen LogP contribution in [0.3, 0.4) is 0 Å². The van der Waals surface area contributed by atoms with Crippen molar-refractivity contribution >= 4 is 27.9 Å². The van der Waals surface area contributed by atoms with Gasteiger partial charge in [0.15, 0.2) is 0 Å². The Kier molecular flexibility index (Phi) is 4.40. The number of nitrogen functional groups attached to an aromatic ring is 1. The molecule has 0 spiro atoms. The number of nitriles is 1. The number of nitrogens with one attached hydrogen (secondary N) is 1. The fourth-order valence-corrected chi connectivity index (χ4v) is 2.86. The summed E-state index contributed by atoms with van der Waals surface area (Å²) in [6.07, 6.45) is 0.435. The SMILES string of the molecule is N#Cc1sc(NCCc2ccccc2F)c(C(N)=O)c1N. The molecule has 0 aliphatic carbocycles. The molecule has 5 nitrogen and oxygen atoms in total. The summed E-state index contributed by atoms with van der Waals surface area (Å²) in [6.45, 7) is 0.395. The van der Waals surface area contributed by atoms with Gasteiger partial charge in [-0.15, -0.1) is 11.3 Å². The standard InChI is InChI=1S/C14H13FN4OS/c15-9-4-2-1-3-8(9)5-6-19-14-11(13(18)20)12(17)10(7-16)21-14/h1-4,19H,5-6,17H2,(H2,18,20). The van der Waals surface area contributed by atoms with Crippen LogP contribution in [0.4, 0.5) is 15.1 Å². The smallest absolute Gasteiger partial charge is 0.253 e. The van der Waals surface area contributed by atoms with E-state index < -0.39 is 5.91 Å². The van der Waals surface area contributed by atoms with Crippen LogP contribution in [0, 0.1) is 17.1 Å². The number of nitrogens with two attached hydrogens (primary N) is 2. The maximum absolute atomic E-state index is 13.5. The van der Waals surface area contributed by atoms with Crippen LogP contribution in [-0.2, 0) is 6.42 Å². The summed E-state index contributed by atoms with van der Waals surface area (Å²) < 4.78 is 13.5. The third-order valence-corrected chi connectivity index (χ3v) is 4.00. The van der Waals surface area contributed by atoms with E-state index in [2.05, 4.69) is 5.32 Å². The Bertz CT molecular complexity index is 720. The summed E-state index contributed by atoms with van der Waals surface area (Å²) in [6, 6.07) is 8.37. The highest BCUT2D eigenvalue weighted by atomic mass is 32.1. The molecule has 2 rings (SSSR count). The first-order valence-electron chi connectivity index (χ1n) is 6.14. The Hall–Kier alpha value is -2.59. The number of benzene rings is 1. The van der Waals surface area contributed by atoms with Gasteiger partial charge in [0.1, 0.15) is 21.8 Å². The number of carbonyl (C=O) groups excluding carboxylic acids is 1. The van der Waals surface area contributed by atoms with Crippen molar-refractivity contribution in [1.82, 2.24) is 0 Å². The van der Waals surface area contributed by atoms with E-state index in [4.69, 9.17) is 16.7 Å². The Morgan fingerprint density at radius 1 is 1.43 bits per heavy atom. The third-order valence-electron chi connectivity index (χ3n) is 2.93. The minimum Gasteiger partial charge on any atom is -0.396 e. The van der Waals surface area contributed by atoms with Gasteiger partial charge < -0.3 is 16.8 Å². The number of amides is 1. The first kappa shape index (κ1) is 14.8. The normalized spacial score (nSPS) is 10.1. The third kappa shape index (κ3) is 3.12. The summed E-state index contributed by atoms with van der Waals surface area (Å²) >= 11 is 1.06. The van der Waals surface area contributed by atoms with E-state index >= 15 is 0 Å². The minimum absolute atomic E-state index is 0.0865. The number of thiophene rings is 1. The van der Waals surface area contributed by atoms with Gasteiger partial charge in [0.25, 0.3) is 5.91 Å². The maximum Gasteiger partial charge on any atom is 0.253 e. The van der Waals surface area contributed by atoms with Crippen LogP contribution < -0.4 is 16.8 Å². The van der Waals surface area contributed by atoms with E-state index in [-0.39, 0.29) is 21.9 Å². The van der Waals surface area contributed by atoms with Gasteiger partial charge in [-0.3, -0.25) is 4.79 Å². The number of nitrogens with zero attached hydrogens (tertiary/aromatic N) is 1. The molecule has 5 N–H and O–H groups in total. The first-order valence-corrected chi connectivity index (χ1v) is 6.95. The van der Waals surface area contributed by atoms with E-state index in [1.165, 1.54) is 6.07 Å².